The summed E-state index contributed by atoms with van der Waals surface area (Å²) in [6.45, 7) is 9.80. The van der Waals surface area contributed by atoms with E-state index in [4.69, 9.17) is 16.3 Å². The first kappa shape index (κ1) is 22.8. The van der Waals surface area contributed by atoms with Crippen LogP contribution >= 0.6 is 23.4 Å². The summed E-state index contributed by atoms with van der Waals surface area (Å²) in [6.07, 6.45) is 1.29. The molecule has 26 heavy (non-hydrogen) atoms. The number of esters is 1. The second kappa shape index (κ2) is 10.8. The summed E-state index contributed by atoms with van der Waals surface area (Å²) in [5, 5.41) is 2.37. The Morgan fingerprint density at radius 1 is 1.27 bits per heavy atom. The highest BCUT2D eigenvalue weighted by molar-refractivity contribution is 8.00. The van der Waals surface area contributed by atoms with Crippen LogP contribution in [0.4, 0.5) is 10.1 Å². The van der Waals surface area contributed by atoms with Crippen LogP contribution in [0.1, 0.15) is 47.5 Å². The molecular formula is C19H27ClFNO3S. The molecule has 0 bridgehead atoms. The first-order chi connectivity index (χ1) is 12.2. The molecular weight excluding hydrogens is 377 g/mol. The summed E-state index contributed by atoms with van der Waals surface area (Å²) in [5.41, 5.74) is 0.0613. The van der Waals surface area contributed by atoms with Crippen LogP contribution in [0.3, 0.4) is 0 Å². The van der Waals surface area contributed by atoms with Crippen LogP contribution in [-0.4, -0.2) is 23.7 Å². The molecule has 0 aliphatic rings. The third kappa shape index (κ3) is 6.47. The maximum Gasteiger partial charge on any atom is 0.319 e. The molecule has 1 N–H and O–H groups in total. The van der Waals surface area contributed by atoms with Crippen molar-refractivity contribution in [3.05, 3.63) is 23.0 Å². The summed E-state index contributed by atoms with van der Waals surface area (Å²) in [7, 11) is 0. The van der Waals surface area contributed by atoms with E-state index in [0.29, 0.717) is 17.9 Å². The molecule has 1 rings (SSSR count). The quantitative estimate of drug-likeness (QED) is 0.434. The fourth-order valence-corrected chi connectivity index (χ4v) is 3.29. The number of nitrogens with one attached hydrogen (secondary N) is 1. The van der Waals surface area contributed by atoms with Crippen molar-refractivity contribution in [1.82, 2.24) is 0 Å². The zero-order valence-corrected chi connectivity index (χ0v) is 17.5. The Morgan fingerprint density at radius 3 is 2.46 bits per heavy atom. The number of halogens is 2. The van der Waals surface area contributed by atoms with Crippen molar-refractivity contribution in [3.63, 3.8) is 0 Å². The number of carbonyl (C=O) groups is 2. The predicted octanol–water partition coefficient (Wildman–Crippen LogP) is 5.53. The molecule has 4 nitrogen and oxygen atoms in total. The molecule has 1 aromatic rings. The van der Waals surface area contributed by atoms with Crippen LogP contribution < -0.4 is 5.32 Å². The standard InChI is InChI=1S/C19H27ClFNO3S/c1-6-8-25-19(24)16(7-2)26-17-10-15(14(21)9-13(17)20)22-18(23)12(5)11(3)4/h9-12,16H,6-8H2,1-5H3,(H,22,23). The number of benzene rings is 1. The van der Waals surface area contributed by atoms with Crippen molar-refractivity contribution >= 4 is 40.9 Å². The number of thioether (sulfide) groups is 1. The summed E-state index contributed by atoms with van der Waals surface area (Å²) < 4.78 is 19.4. The molecule has 0 spiro atoms. The molecule has 0 aliphatic heterocycles. The smallest absolute Gasteiger partial charge is 0.319 e. The lowest BCUT2D eigenvalue weighted by molar-refractivity contribution is -0.143. The fraction of sp³-hybridized carbons (Fsp3) is 0.579. The summed E-state index contributed by atoms with van der Waals surface area (Å²) in [4.78, 5) is 24.9. The van der Waals surface area contributed by atoms with Crippen molar-refractivity contribution in [1.29, 1.82) is 0 Å². The molecule has 2 unspecified atom stereocenters. The zero-order chi connectivity index (χ0) is 19.9. The first-order valence-electron chi connectivity index (χ1n) is 8.84. The lowest BCUT2D eigenvalue weighted by atomic mass is 9.97. The molecule has 1 aromatic carbocycles. The van der Waals surface area contributed by atoms with Crippen LogP contribution in [0.2, 0.25) is 5.02 Å². The van der Waals surface area contributed by atoms with Crippen molar-refractivity contribution in [2.75, 3.05) is 11.9 Å². The molecule has 0 aromatic heterocycles. The Morgan fingerprint density at radius 2 is 1.92 bits per heavy atom. The second-order valence-electron chi connectivity index (χ2n) is 6.47. The van der Waals surface area contributed by atoms with Crippen LogP contribution in [0.25, 0.3) is 0 Å². The maximum atomic E-state index is 14.2. The van der Waals surface area contributed by atoms with E-state index in [9.17, 15) is 14.0 Å². The van der Waals surface area contributed by atoms with E-state index < -0.39 is 11.1 Å². The van der Waals surface area contributed by atoms with Gasteiger partial charge in [0.2, 0.25) is 5.91 Å². The minimum Gasteiger partial charge on any atom is -0.465 e. The third-order valence-corrected chi connectivity index (χ3v) is 5.87. The van der Waals surface area contributed by atoms with Crippen LogP contribution in [0, 0.1) is 17.7 Å². The van der Waals surface area contributed by atoms with Crippen LogP contribution in [0.15, 0.2) is 17.0 Å². The van der Waals surface area contributed by atoms with Gasteiger partial charge in [0.15, 0.2) is 0 Å². The van der Waals surface area contributed by atoms with E-state index in [1.54, 1.807) is 6.92 Å². The van der Waals surface area contributed by atoms with E-state index in [1.807, 2.05) is 27.7 Å². The topological polar surface area (TPSA) is 55.4 Å². The van der Waals surface area contributed by atoms with Gasteiger partial charge in [-0.1, -0.05) is 46.2 Å². The van der Waals surface area contributed by atoms with E-state index in [-0.39, 0.29) is 34.4 Å². The first-order valence-corrected chi connectivity index (χ1v) is 10.1. The van der Waals surface area contributed by atoms with Crippen molar-refractivity contribution in [2.45, 2.75) is 57.6 Å². The summed E-state index contributed by atoms with van der Waals surface area (Å²) in [5.74, 6) is -1.30. The lowest BCUT2D eigenvalue weighted by Gasteiger charge is -2.18. The van der Waals surface area contributed by atoms with Gasteiger partial charge in [-0.25, -0.2) is 4.39 Å². The van der Waals surface area contributed by atoms with Gasteiger partial charge in [0, 0.05) is 10.8 Å². The van der Waals surface area contributed by atoms with Crippen molar-refractivity contribution < 1.29 is 18.7 Å². The van der Waals surface area contributed by atoms with E-state index >= 15 is 0 Å². The van der Waals surface area contributed by atoms with Gasteiger partial charge in [-0.2, -0.15) is 0 Å². The Labute approximate surface area is 164 Å². The number of carbonyl (C=O) groups excluding carboxylic acids is 2. The normalized spacial score (nSPS) is 13.4. The molecule has 0 fully saturated rings. The SMILES string of the molecule is CCCOC(=O)C(CC)Sc1cc(NC(=O)C(C)C(C)C)c(F)cc1Cl. The summed E-state index contributed by atoms with van der Waals surface area (Å²) >= 11 is 7.35. The third-order valence-electron chi connectivity index (χ3n) is 4.04. The molecule has 1 amide bonds. The van der Waals surface area contributed by atoms with Gasteiger partial charge in [-0.15, -0.1) is 11.8 Å². The molecule has 0 aliphatic carbocycles. The number of hydrogen-bond donors (Lipinski definition) is 1. The Kier molecular flexibility index (Phi) is 9.44. The number of anilines is 1. The largest absolute Gasteiger partial charge is 0.465 e. The summed E-state index contributed by atoms with van der Waals surface area (Å²) in [6, 6.07) is 2.63. The minimum absolute atomic E-state index is 0.0613. The number of rotatable bonds is 9. The lowest BCUT2D eigenvalue weighted by Crippen LogP contribution is -2.25. The molecule has 0 saturated carbocycles. The maximum absolute atomic E-state index is 14.2. The zero-order valence-electron chi connectivity index (χ0n) is 15.9. The van der Waals surface area contributed by atoms with Gasteiger partial charge in [-0.05, 0) is 30.9 Å². The van der Waals surface area contributed by atoms with Gasteiger partial charge in [0.05, 0.1) is 17.3 Å². The molecule has 0 radical (unpaired) electrons. The highest BCUT2D eigenvalue weighted by Crippen LogP contribution is 2.36. The molecule has 2 atom stereocenters. The van der Waals surface area contributed by atoms with Gasteiger partial charge >= 0.3 is 5.97 Å². The van der Waals surface area contributed by atoms with Crippen molar-refractivity contribution in [3.8, 4) is 0 Å². The average Bonchev–Trinajstić information content (AvgIpc) is 2.59. The highest BCUT2D eigenvalue weighted by Gasteiger charge is 2.23. The van der Waals surface area contributed by atoms with Crippen molar-refractivity contribution in [2.24, 2.45) is 11.8 Å². The second-order valence-corrected chi connectivity index (χ2v) is 8.12. The molecule has 7 heteroatoms. The van der Waals surface area contributed by atoms with E-state index in [0.717, 1.165) is 12.5 Å². The molecule has 0 heterocycles. The minimum atomic E-state index is -0.606. The fourth-order valence-electron chi connectivity index (χ4n) is 2.01. The molecule has 146 valence electrons. The van der Waals surface area contributed by atoms with E-state index in [2.05, 4.69) is 5.32 Å². The van der Waals surface area contributed by atoms with Gasteiger partial charge in [0.1, 0.15) is 11.1 Å². The Bertz CT molecular complexity index is 639. The highest BCUT2D eigenvalue weighted by atomic mass is 35.5. The Balaban J connectivity index is 2.99. The van der Waals surface area contributed by atoms with E-state index in [1.165, 1.54) is 17.8 Å². The number of hydrogen-bond acceptors (Lipinski definition) is 4. The van der Waals surface area contributed by atoms with Gasteiger partial charge in [-0.3, -0.25) is 9.59 Å². The van der Waals surface area contributed by atoms with Gasteiger partial charge in [0.25, 0.3) is 0 Å². The van der Waals surface area contributed by atoms with Crippen LogP contribution in [0.5, 0.6) is 0 Å². The van der Waals surface area contributed by atoms with Crippen LogP contribution in [-0.2, 0) is 14.3 Å². The predicted molar refractivity (Wildman–Crippen MR) is 105 cm³/mol. The number of ether oxygens (including phenoxy) is 1. The Hall–Kier alpha value is -1.27. The number of amides is 1. The van der Waals surface area contributed by atoms with Gasteiger partial charge < -0.3 is 10.1 Å². The monoisotopic (exact) mass is 403 g/mol. The average molecular weight is 404 g/mol. The molecule has 0 saturated heterocycles.